The van der Waals surface area contributed by atoms with E-state index in [0.29, 0.717) is 5.01 Å². The number of carbonyl (C=O) groups is 1. The molecule has 3 rings (SSSR count). The molecular formula is C18H15NO3S. The van der Waals surface area contributed by atoms with Crippen LogP contribution in [0.2, 0.25) is 0 Å². The van der Waals surface area contributed by atoms with Gasteiger partial charge in [-0.15, -0.1) is 11.3 Å². The molecule has 0 aliphatic heterocycles. The van der Waals surface area contributed by atoms with Gasteiger partial charge in [-0.3, -0.25) is 0 Å². The maximum absolute atomic E-state index is 10.8. The Morgan fingerprint density at radius 3 is 2.26 bits per heavy atom. The first-order chi connectivity index (χ1) is 11.1. The molecule has 0 spiro atoms. The minimum absolute atomic E-state index is 0.0586. The van der Waals surface area contributed by atoms with Gasteiger partial charge < -0.3 is 9.84 Å². The molecular weight excluding hydrogens is 310 g/mol. The summed E-state index contributed by atoms with van der Waals surface area (Å²) in [7, 11) is 0. The number of ether oxygens (including phenoxy) is 1. The van der Waals surface area contributed by atoms with Gasteiger partial charge in [-0.05, 0) is 30.2 Å². The number of nitrogens with zero attached hydrogens (tertiary/aromatic N) is 1. The maximum Gasteiger partial charge on any atom is 0.355 e. The van der Waals surface area contributed by atoms with Crippen LogP contribution in [0.3, 0.4) is 0 Å². The minimum atomic E-state index is -1.02. The summed E-state index contributed by atoms with van der Waals surface area (Å²) >= 11 is 1.28. The zero-order valence-electron chi connectivity index (χ0n) is 12.5. The van der Waals surface area contributed by atoms with Crippen LogP contribution in [0.1, 0.15) is 21.1 Å². The summed E-state index contributed by atoms with van der Waals surface area (Å²) in [5.41, 5.74) is 3.58. The molecule has 0 amide bonds. The average Bonchev–Trinajstić information content (AvgIpc) is 3.04. The van der Waals surface area contributed by atoms with Gasteiger partial charge in [0.15, 0.2) is 5.69 Å². The van der Waals surface area contributed by atoms with Crippen LogP contribution in [0.5, 0.6) is 5.75 Å². The Bertz CT molecular complexity index is 807. The lowest BCUT2D eigenvalue weighted by Gasteiger charge is -2.06. The first-order valence-electron chi connectivity index (χ1n) is 7.09. The molecule has 3 aromatic rings. The summed E-state index contributed by atoms with van der Waals surface area (Å²) in [6.07, 6.45) is 0. The van der Waals surface area contributed by atoms with E-state index in [1.165, 1.54) is 22.3 Å². The fourth-order valence-corrected chi connectivity index (χ4v) is 2.79. The summed E-state index contributed by atoms with van der Waals surface area (Å²) in [6.45, 7) is 2.33. The van der Waals surface area contributed by atoms with Crippen LogP contribution < -0.4 is 4.74 Å². The van der Waals surface area contributed by atoms with E-state index < -0.39 is 5.97 Å². The molecule has 0 aliphatic rings. The molecule has 0 saturated heterocycles. The summed E-state index contributed by atoms with van der Waals surface area (Å²) in [5.74, 6) is -0.289. The van der Waals surface area contributed by atoms with Crippen LogP contribution in [0.25, 0.3) is 11.1 Å². The van der Waals surface area contributed by atoms with Crippen LogP contribution in [0.15, 0.2) is 53.9 Å². The van der Waals surface area contributed by atoms with E-state index in [2.05, 4.69) is 36.2 Å². The van der Waals surface area contributed by atoms with Crippen LogP contribution >= 0.6 is 11.3 Å². The van der Waals surface area contributed by atoms with Crippen molar-refractivity contribution in [2.75, 3.05) is 0 Å². The lowest BCUT2D eigenvalue weighted by Crippen LogP contribution is -1.99. The first kappa shape index (κ1) is 15.2. The van der Waals surface area contributed by atoms with Crippen LogP contribution in [-0.2, 0) is 6.61 Å². The third-order valence-corrected chi connectivity index (χ3v) is 4.19. The third-order valence-electron chi connectivity index (χ3n) is 3.37. The molecule has 0 atom stereocenters. The highest BCUT2D eigenvalue weighted by atomic mass is 32.1. The van der Waals surface area contributed by atoms with Crippen molar-refractivity contribution >= 4 is 17.3 Å². The largest absolute Gasteiger partial charge is 0.486 e. The molecule has 0 saturated carbocycles. The van der Waals surface area contributed by atoms with Crippen molar-refractivity contribution in [1.29, 1.82) is 0 Å². The summed E-state index contributed by atoms with van der Waals surface area (Å²) in [6, 6.07) is 16.2. The SMILES string of the molecule is Cc1ccc(-c2ccc(OCc3nc(C(=O)O)cs3)cc2)cc1. The molecule has 1 heterocycles. The molecule has 5 heteroatoms. The predicted octanol–water partition coefficient (Wildman–Crippen LogP) is 4.40. The number of hydrogen-bond acceptors (Lipinski definition) is 4. The van der Waals surface area contributed by atoms with E-state index in [4.69, 9.17) is 9.84 Å². The number of hydrogen-bond donors (Lipinski definition) is 1. The monoisotopic (exact) mass is 325 g/mol. The zero-order valence-corrected chi connectivity index (χ0v) is 13.3. The molecule has 2 aromatic carbocycles. The van der Waals surface area contributed by atoms with Crippen LogP contribution in [0, 0.1) is 6.92 Å². The highest BCUT2D eigenvalue weighted by Gasteiger charge is 2.09. The van der Waals surface area contributed by atoms with Gasteiger partial charge in [0.1, 0.15) is 17.4 Å². The van der Waals surface area contributed by atoms with E-state index in [1.807, 2.05) is 24.3 Å². The molecule has 0 radical (unpaired) electrons. The smallest absolute Gasteiger partial charge is 0.355 e. The molecule has 4 nitrogen and oxygen atoms in total. The van der Waals surface area contributed by atoms with Gasteiger partial charge >= 0.3 is 5.97 Å². The number of carboxylic acid groups (broad SMARTS) is 1. The predicted molar refractivity (Wildman–Crippen MR) is 90.0 cm³/mol. The maximum atomic E-state index is 10.8. The molecule has 1 N–H and O–H groups in total. The number of carboxylic acids is 1. The van der Waals surface area contributed by atoms with Crippen molar-refractivity contribution in [3.8, 4) is 16.9 Å². The van der Waals surface area contributed by atoms with Crippen molar-refractivity contribution in [2.45, 2.75) is 13.5 Å². The summed E-state index contributed by atoms with van der Waals surface area (Å²) in [4.78, 5) is 14.8. The van der Waals surface area contributed by atoms with E-state index in [-0.39, 0.29) is 12.3 Å². The Labute approximate surface area is 138 Å². The summed E-state index contributed by atoms with van der Waals surface area (Å²) in [5, 5.41) is 11.0. The van der Waals surface area contributed by atoms with Gasteiger partial charge in [-0.2, -0.15) is 0 Å². The van der Waals surface area contributed by atoms with Crippen LogP contribution in [-0.4, -0.2) is 16.1 Å². The third kappa shape index (κ3) is 3.76. The number of aryl methyl sites for hydroxylation is 1. The molecule has 0 unspecified atom stereocenters. The molecule has 0 bridgehead atoms. The fourth-order valence-electron chi connectivity index (χ4n) is 2.11. The van der Waals surface area contributed by atoms with E-state index >= 15 is 0 Å². The van der Waals surface area contributed by atoms with Gasteiger partial charge in [0, 0.05) is 5.38 Å². The van der Waals surface area contributed by atoms with E-state index in [1.54, 1.807) is 0 Å². The van der Waals surface area contributed by atoms with Crippen molar-refractivity contribution in [3.05, 3.63) is 70.2 Å². The normalized spacial score (nSPS) is 10.5. The second-order valence-corrected chi connectivity index (χ2v) is 6.05. The molecule has 0 aliphatic carbocycles. The topological polar surface area (TPSA) is 59.4 Å². The van der Waals surface area contributed by atoms with Crippen molar-refractivity contribution in [2.24, 2.45) is 0 Å². The second kappa shape index (κ2) is 6.62. The van der Waals surface area contributed by atoms with Gasteiger partial charge in [0.25, 0.3) is 0 Å². The van der Waals surface area contributed by atoms with E-state index in [9.17, 15) is 4.79 Å². The molecule has 116 valence electrons. The van der Waals surface area contributed by atoms with Crippen molar-refractivity contribution in [1.82, 2.24) is 4.98 Å². The number of thiazole rings is 1. The van der Waals surface area contributed by atoms with Gasteiger partial charge in [0.05, 0.1) is 0 Å². The zero-order chi connectivity index (χ0) is 16.2. The highest BCUT2D eigenvalue weighted by Crippen LogP contribution is 2.23. The first-order valence-corrected chi connectivity index (χ1v) is 7.97. The van der Waals surface area contributed by atoms with Gasteiger partial charge in [-0.25, -0.2) is 9.78 Å². The lowest BCUT2D eigenvalue weighted by atomic mass is 10.0. The Kier molecular flexibility index (Phi) is 4.39. The number of benzene rings is 2. The second-order valence-electron chi connectivity index (χ2n) is 5.11. The van der Waals surface area contributed by atoms with Gasteiger partial charge in [0.2, 0.25) is 0 Å². The molecule has 23 heavy (non-hydrogen) atoms. The van der Waals surface area contributed by atoms with Crippen molar-refractivity contribution < 1.29 is 14.6 Å². The Morgan fingerprint density at radius 2 is 1.70 bits per heavy atom. The number of aromatic carboxylic acids is 1. The minimum Gasteiger partial charge on any atom is -0.486 e. The summed E-state index contributed by atoms with van der Waals surface area (Å²) < 4.78 is 5.65. The highest BCUT2D eigenvalue weighted by molar-refractivity contribution is 7.09. The standard InChI is InChI=1S/C18H15NO3S/c1-12-2-4-13(5-3-12)14-6-8-15(9-7-14)22-10-17-19-16(11-23-17)18(20)21/h2-9,11H,10H2,1H3,(H,20,21). The Hall–Kier alpha value is -2.66. The molecule has 0 fully saturated rings. The Morgan fingerprint density at radius 1 is 1.09 bits per heavy atom. The fraction of sp³-hybridized carbons (Fsp3) is 0.111. The molecule has 1 aromatic heterocycles. The van der Waals surface area contributed by atoms with E-state index in [0.717, 1.165) is 16.9 Å². The lowest BCUT2D eigenvalue weighted by molar-refractivity contribution is 0.0691. The average molecular weight is 325 g/mol. The number of rotatable bonds is 5. The van der Waals surface area contributed by atoms with Crippen molar-refractivity contribution in [3.63, 3.8) is 0 Å². The Balaban J connectivity index is 1.65. The number of aromatic nitrogens is 1. The van der Waals surface area contributed by atoms with Crippen LogP contribution in [0.4, 0.5) is 0 Å². The van der Waals surface area contributed by atoms with Gasteiger partial charge in [-0.1, -0.05) is 42.0 Å². The quantitative estimate of drug-likeness (QED) is 0.755.